The quantitative estimate of drug-likeness (QED) is 0.473. The van der Waals surface area contributed by atoms with Crippen LogP contribution in [-0.2, 0) is 4.79 Å². The van der Waals surface area contributed by atoms with Gasteiger partial charge in [-0.15, -0.1) is 0 Å². The summed E-state index contributed by atoms with van der Waals surface area (Å²) >= 11 is 1.35. The number of carbonyl (C=O) groups excluding carboxylic acids is 1. The highest BCUT2D eigenvalue weighted by atomic mass is 32.1. The third kappa shape index (κ3) is 0.960. The first-order chi connectivity index (χ1) is 5.40. The molecular weight excluding hydrogens is 162 g/mol. The van der Waals surface area contributed by atoms with E-state index in [0.717, 1.165) is 4.96 Å². The lowest BCUT2D eigenvalue weighted by atomic mass is 10.8. The minimum atomic E-state index is 0.628. The van der Waals surface area contributed by atoms with E-state index in [1.54, 1.807) is 23.0 Å². The Morgan fingerprint density at radius 2 is 2.64 bits per heavy atom. The SMILES string of the molecule is O=C=Nc1cn2ccnc2s1. The van der Waals surface area contributed by atoms with E-state index in [1.165, 1.54) is 17.4 Å². The zero-order valence-electron chi connectivity index (χ0n) is 5.39. The van der Waals surface area contributed by atoms with Gasteiger partial charge in [0, 0.05) is 18.6 Å². The number of nitrogens with zero attached hydrogens (tertiary/aromatic N) is 3. The van der Waals surface area contributed by atoms with Crippen LogP contribution in [0.4, 0.5) is 5.00 Å². The first-order valence-corrected chi connectivity index (χ1v) is 3.72. The Hall–Kier alpha value is -1.45. The Morgan fingerprint density at radius 1 is 1.73 bits per heavy atom. The molecule has 2 heterocycles. The summed E-state index contributed by atoms with van der Waals surface area (Å²) in [6.45, 7) is 0. The molecule has 11 heavy (non-hydrogen) atoms. The van der Waals surface area contributed by atoms with Crippen molar-refractivity contribution in [3.05, 3.63) is 18.6 Å². The Balaban J connectivity index is 2.67. The topological polar surface area (TPSA) is 46.7 Å². The predicted molar refractivity (Wildman–Crippen MR) is 40.9 cm³/mol. The number of aromatic nitrogens is 2. The molecule has 0 amide bonds. The van der Waals surface area contributed by atoms with Crippen molar-refractivity contribution in [2.45, 2.75) is 0 Å². The summed E-state index contributed by atoms with van der Waals surface area (Å²) < 4.78 is 1.81. The zero-order valence-corrected chi connectivity index (χ0v) is 6.21. The van der Waals surface area contributed by atoms with Crippen molar-refractivity contribution >= 4 is 27.4 Å². The van der Waals surface area contributed by atoms with E-state index >= 15 is 0 Å². The molecule has 0 aliphatic rings. The third-order valence-corrected chi connectivity index (χ3v) is 2.14. The van der Waals surface area contributed by atoms with Gasteiger partial charge in [-0.2, -0.15) is 4.99 Å². The van der Waals surface area contributed by atoms with Crippen molar-refractivity contribution < 1.29 is 4.79 Å². The number of hydrogen-bond donors (Lipinski definition) is 0. The molecule has 0 fully saturated rings. The van der Waals surface area contributed by atoms with E-state index in [2.05, 4.69) is 9.98 Å². The van der Waals surface area contributed by atoms with E-state index < -0.39 is 0 Å². The summed E-state index contributed by atoms with van der Waals surface area (Å²) in [5, 5.41) is 0.628. The van der Waals surface area contributed by atoms with Crippen LogP contribution in [0.2, 0.25) is 0 Å². The first-order valence-electron chi connectivity index (χ1n) is 2.90. The number of rotatable bonds is 1. The highest BCUT2D eigenvalue weighted by molar-refractivity contribution is 7.20. The minimum absolute atomic E-state index is 0.628. The van der Waals surface area contributed by atoms with E-state index in [0.29, 0.717) is 5.00 Å². The first kappa shape index (κ1) is 6.27. The maximum atomic E-state index is 9.86. The molecule has 5 heteroatoms. The number of aliphatic imine (C=N–C) groups is 1. The van der Waals surface area contributed by atoms with Gasteiger partial charge in [0.05, 0.1) is 0 Å². The molecule has 0 saturated heterocycles. The molecule has 0 N–H and O–H groups in total. The molecule has 0 bridgehead atoms. The molecule has 2 aromatic rings. The molecule has 0 saturated carbocycles. The summed E-state index contributed by atoms with van der Waals surface area (Å²) in [4.78, 5) is 18.2. The number of imidazole rings is 1. The van der Waals surface area contributed by atoms with Gasteiger partial charge < -0.3 is 0 Å². The van der Waals surface area contributed by atoms with Crippen molar-refractivity contribution in [2.24, 2.45) is 4.99 Å². The van der Waals surface area contributed by atoms with Crippen molar-refractivity contribution in [3.63, 3.8) is 0 Å². The maximum absolute atomic E-state index is 9.86. The molecule has 0 radical (unpaired) electrons. The lowest BCUT2D eigenvalue weighted by Crippen LogP contribution is -1.66. The van der Waals surface area contributed by atoms with Crippen molar-refractivity contribution in [3.8, 4) is 0 Å². The Morgan fingerprint density at radius 3 is 3.36 bits per heavy atom. The van der Waals surface area contributed by atoms with E-state index in [9.17, 15) is 4.79 Å². The van der Waals surface area contributed by atoms with Crippen LogP contribution in [0.25, 0.3) is 4.96 Å². The van der Waals surface area contributed by atoms with Crippen molar-refractivity contribution in [1.29, 1.82) is 0 Å². The van der Waals surface area contributed by atoms with Crippen LogP contribution in [-0.4, -0.2) is 15.5 Å². The second-order valence-electron chi connectivity index (χ2n) is 1.89. The standard InChI is InChI=1S/C6H3N3OS/c10-4-8-5-3-9-2-1-7-6(9)11-5/h1-3H. The summed E-state index contributed by atoms with van der Waals surface area (Å²) in [7, 11) is 0. The van der Waals surface area contributed by atoms with Gasteiger partial charge in [-0.1, -0.05) is 11.3 Å². The van der Waals surface area contributed by atoms with Gasteiger partial charge in [0.1, 0.15) is 5.00 Å². The number of fused-ring (bicyclic) bond motifs is 1. The molecule has 0 atom stereocenters. The van der Waals surface area contributed by atoms with E-state index in [-0.39, 0.29) is 0 Å². The molecule has 54 valence electrons. The monoisotopic (exact) mass is 165 g/mol. The van der Waals surface area contributed by atoms with Crippen molar-refractivity contribution in [1.82, 2.24) is 9.38 Å². The fraction of sp³-hybridized carbons (Fsp3) is 0. The second kappa shape index (κ2) is 2.30. The summed E-state index contributed by atoms with van der Waals surface area (Å²) in [6.07, 6.45) is 6.71. The second-order valence-corrected chi connectivity index (χ2v) is 2.88. The molecule has 2 rings (SSSR count). The average Bonchev–Trinajstić information content (AvgIpc) is 2.46. The van der Waals surface area contributed by atoms with Gasteiger partial charge in [-0.05, 0) is 0 Å². The Bertz CT molecular complexity index is 395. The van der Waals surface area contributed by atoms with E-state index in [1.807, 2.05) is 0 Å². The number of thiazole rings is 1. The van der Waals surface area contributed by atoms with E-state index in [4.69, 9.17) is 0 Å². The molecule has 0 aromatic carbocycles. The van der Waals surface area contributed by atoms with Crippen LogP contribution in [0, 0.1) is 0 Å². The van der Waals surface area contributed by atoms with Crippen LogP contribution in [0.1, 0.15) is 0 Å². The van der Waals surface area contributed by atoms with Gasteiger partial charge >= 0.3 is 0 Å². The van der Waals surface area contributed by atoms with Crippen LogP contribution in [0.5, 0.6) is 0 Å². The van der Waals surface area contributed by atoms with Crippen LogP contribution < -0.4 is 0 Å². The number of hydrogen-bond acceptors (Lipinski definition) is 4. The Labute approximate surface area is 65.8 Å². The highest BCUT2D eigenvalue weighted by Gasteiger charge is 1.98. The minimum Gasteiger partial charge on any atom is -0.295 e. The molecule has 0 unspecified atom stereocenters. The van der Waals surface area contributed by atoms with Gasteiger partial charge in [0.25, 0.3) is 0 Å². The summed E-state index contributed by atoms with van der Waals surface area (Å²) in [5.41, 5.74) is 0. The fourth-order valence-corrected chi connectivity index (χ4v) is 1.58. The largest absolute Gasteiger partial charge is 0.295 e. The lowest BCUT2D eigenvalue weighted by Gasteiger charge is -1.73. The van der Waals surface area contributed by atoms with Crippen molar-refractivity contribution in [2.75, 3.05) is 0 Å². The molecule has 0 aliphatic carbocycles. The molecule has 4 nitrogen and oxygen atoms in total. The van der Waals surface area contributed by atoms with Gasteiger partial charge in [-0.3, -0.25) is 4.40 Å². The van der Waals surface area contributed by atoms with Gasteiger partial charge in [0.2, 0.25) is 6.08 Å². The summed E-state index contributed by atoms with van der Waals surface area (Å²) in [5.74, 6) is 0. The maximum Gasteiger partial charge on any atom is 0.241 e. The highest BCUT2D eigenvalue weighted by Crippen LogP contribution is 2.23. The van der Waals surface area contributed by atoms with Crippen LogP contribution in [0.15, 0.2) is 23.6 Å². The van der Waals surface area contributed by atoms with Crippen LogP contribution >= 0.6 is 11.3 Å². The zero-order chi connectivity index (χ0) is 7.68. The third-order valence-electron chi connectivity index (χ3n) is 1.23. The number of isocyanates is 1. The summed E-state index contributed by atoms with van der Waals surface area (Å²) in [6, 6.07) is 0. The lowest BCUT2D eigenvalue weighted by molar-refractivity contribution is 0.565. The molecule has 0 spiro atoms. The molecule has 0 aliphatic heterocycles. The van der Waals surface area contributed by atoms with Crippen LogP contribution in [0.3, 0.4) is 0 Å². The normalized spacial score (nSPS) is 9.82. The molecular formula is C6H3N3OS. The van der Waals surface area contributed by atoms with Gasteiger partial charge in [0.15, 0.2) is 4.96 Å². The Kier molecular flexibility index (Phi) is 1.31. The smallest absolute Gasteiger partial charge is 0.241 e. The average molecular weight is 165 g/mol. The predicted octanol–water partition coefficient (Wildman–Crippen LogP) is 1.36. The fourth-order valence-electron chi connectivity index (χ4n) is 0.812. The van der Waals surface area contributed by atoms with Gasteiger partial charge in [-0.25, -0.2) is 9.78 Å². The molecule has 2 aromatic heterocycles.